The highest BCUT2D eigenvalue weighted by Gasteiger charge is 2.30. The third-order valence-corrected chi connectivity index (χ3v) is 3.62. The van der Waals surface area contributed by atoms with Crippen molar-refractivity contribution in [2.45, 2.75) is 22.7 Å². The average Bonchev–Trinajstić information content (AvgIpc) is 2.18. The number of benzene rings is 1. The van der Waals surface area contributed by atoms with Crippen LogP contribution in [0.3, 0.4) is 0 Å². The molecule has 0 bridgehead atoms. The molecular weight excluding hydrogens is 296 g/mol. The SMILES string of the molecule is CC(=O)C(Cl)c1ccc(SC(F)(F)F)c(Cl)c1. The van der Waals surface area contributed by atoms with Crippen LogP contribution in [0, 0.1) is 0 Å². The van der Waals surface area contributed by atoms with Crippen molar-refractivity contribution in [3.63, 3.8) is 0 Å². The minimum atomic E-state index is -4.40. The van der Waals surface area contributed by atoms with Crippen molar-refractivity contribution in [2.75, 3.05) is 0 Å². The highest BCUT2D eigenvalue weighted by atomic mass is 35.5. The van der Waals surface area contributed by atoms with Crippen LogP contribution >= 0.6 is 35.0 Å². The van der Waals surface area contributed by atoms with Crippen molar-refractivity contribution in [1.82, 2.24) is 0 Å². The maximum absolute atomic E-state index is 12.1. The van der Waals surface area contributed by atoms with E-state index in [0.717, 1.165) is 0 Å². The second kappa shape index (κ2) is 5.50. The lowest BCUT2D eigenvalue weighted by molar-refractivity contribution is -0.116. The number of Topliss-reactive ketones (excluding diaryl/α,β-unsaturated/α-hetero) is 1. The predicted octanol–water partition coefficient (Wildman–Crippen LogP) is 4.82. The number of carbonyl (C=O) groups is 1. The summed E-state index contributed by atoms with van der Waals surface area (Å²) in [6.45, 7) is 1.30. The van der Waals surface area contributed by atoms with Crippen molar-refractivity contribution < 1.29 is 18.0 Å². The molecule has 1 unspecified atom stereocenters. The Labute approximate surface area is 110 Å². The Morgan fingerprint density at radius 1 is 1.41 bits per heavy atom. The molecule has 94 valence electrons. The first-order chi connectivity index (χ1) is 7.70. The van der Waals surface area contributed by atoms with Crippen LogP contribution in [0.25, 0.3) is 0 Å². The third-order valence-electron chi connectivity index (χ3n) is 1.83. The van der Waals surface area contributed by atoms with Crippen LogP contribution in [0.5, 0.6) is 0 Å². The number of carbonyl (C=O) groups excluding carboxylic acids is 1. The molecule has 0 aliphatic carbocycles. The molecule has 1 aromatic carbocycles. The van der Waals surface area contributed by atoms with E-state index in [-0.39, 0.29) is 27.5 Å². The number of hydrogen-bond acceptors (Lipinski definition) is 2. The smallest absolute Gasteiger partial charge is 0.298 e. The quantitative estimate of drug-likeness (QED) is 0.588. The van der Waals surface area contributed by atoms with E-state index < -0.39 is 10.9 Å². The molecule has 0 aliphatic rings. The van der Waals surface area contributed by atoms with Gasteiger partial charge in [-0.05, 0) is 36.4 Å². The van der Waals surface area contributed by atoms with Gasteiger partial charge in [0.05, 0.1) is 5.02 Å². The van der Waals surface area contributed by atoms with Crippen LogP contribution in [0.1, 0.15) is 17.9 Å². The molecule has 1 nitrogen and oxygen atoms in total. The minimum Gasteiger partial charge on any atom is -0.298 e. The summed E-state index contributed by atoms with van der Waals surface area (Å²) in [6.07, 6.45) is 0. The second-order valence-corrected chi connectivity index (χ2v) is 5.16. The molecule has 0 amide bonds. The number of hydrogen-bond donors (Lipinski definition) is 0. The molecule has 1 rings (SSSR count). The molecular formula is C10H7Cl2F3OS. The van der Waals surface area contributed by atoms with Gasteiger partial charge in [-0.15, -0.1) is 11.6 Å². The molecule has 0 spiro atoms. The number of halogens is 5. The maximum atomic E-state index is 12.1. The summed E-state index contributed by atoms with van der Waals surface area (Å²) < 4.78 is 36.4. The van der Waals surface area contributed by atoms with Gasteiger partial charge in [-0.1, -0.05) is 17.7 Å². The van der Waals surface area contributed by atoms with Crippen LogP contribution in [-0.2, 0) is 4.79 Å². The molecule has 7 heteroatoms. The Morgan fingerprint density at radius 2 is 2.00 bits per heavy atom. The van der Waals surface area contributed by atoms with E-state index >= 15 is 0 Å². The van der Waals surface area contributed by atoms with E-state index in [1.54, 1.807) is 0 Å². The van der Waals surface area contributed by atoms with Crippen LogP contribution in [0.15, 0.2) is 23.1 Å². The lowest BCUT2D eigenvalue weighted by Crippen LogP contribution is -2.03. The second-order valence-electron chi connectivity index (χ2n) is 3.21. The van der Waals surface area contributed by atoms with Gasteiger partial charge in [0.1, 0.15) is 5.38 Å². The van der Waals surface area contributed by atoms with Crippen LogP contribution in [0.4, 0.5) is 13.2 Å². The van der Waals surface area contributed by atoms with Gasteiger partial charge in [0.25, 0.3) is 0 Å². The zero-order valence-electron chi connectivity index (χ0n) is 8.52. The lowest BCUT2D eigenvalue weighted by atomic mass is 10.1. The maximum Gasteiger partial charge on any atom is 0.446 e. The molecule has 1 atom stereocenters. The Kier molecular flexibility index (Phi) is 4.75. The Morgan fingerprint density at radius 3 is 2.41 bits per heavy atom. The molecule has 0 fully saturated rings. The van der Waals surface area contributed by atoms with Gasteiger partial charge in [0.2, 0.25) is 0 Å². The highest BCUT2D eigenvalue weighted by Crippen LogP contribution is 2.41. The van der Waals surface area contributed by atoms with Gasteiger partial charge in [0.15, 0.2) is 5.78 Å². The van der Waals surface area contributed by atoms with Gasteiger partial charge in [-0.2, -0.15) is 13.2 Å². The number of ketones is 1. The van der Waals surface area contributed by atoms with E-state index in [0.29, 0.717) is 5.56 Å². The Balaban J connectivity index is 2.98. The Bertz CT molecular complexity index is 434. The molecule has 0 heterocycles. The van der Waals surface area contributed by atoms with E-state index in [1.165, 1.54) is 25.1 Å². The van der Waals surface area contributed by atoms with Crippen molar-refractivity contribution in [1.29, 1.82) is 0 Å². The molecule has 0 saturated heterocycles. The van der Waals surface area contributed by atoms with Gasteiger partial charge in [-0.3, -0.25) is 4.79 Å². The fourth-order valence-electron chi connectivity index (χ4n) is 1.12. The van der Waals surface area contributed by atoms with E-state index in [9.17, 15) is 18.0 Å². The monoisotopic (exact) mass is 302 g/mol. The lowest BCUT2D eigenvalue weighted by Gasteiger charge is -2.10. The summed E-state index contributed by atoms with van der Waals surface area (Å²) in [5.74, 6) is -0.293. The highest BCUT2D eigenvalue weighted by molar-refractivity contribution is 8.00. The molecule has 0 aromatic heterocycles. The Hall–Kier alpha value is -0.390. The summed E-state index contributed by atoms with van der Waals surface area (Å²) in [6, 6.07) is 3.84. The summed E-state index contributed by atoms with van der Waals surface area (Å²) in [4.78, 5) is 10.9. The van der Waals surface area contributed by atoms with Crippen LogP contribution < -0.4 is 0 Å². The summed E-state index contributed by atoms with van der Waals surface area (Å²) in [5.41, 5.74) is -4.01. The molecule has 0 N–H and O–H groups in total. The third kappa shape index (κ3) is 4.41. The van der Waals surface area contributed by atoms with Gasteiger partial charge in [-0.25, -0.2) is 0 Å². The topological polar surface area (TPSA) is 17.1 Å². The largest absolute Gasteiger partial charge is 0.446 e. The van der Waals surface area contributed by atoms with Crippen molar-refractivity contribution in [3.05, 3.63) is 28.8 Å². The van der Waals surface area contributed by atoms with Crippen molar-refractivity contribution in [3.8, 4) is 0 Å². The first-order valence-corrected chi connectivity index (χ1v) is 6.03. The van der Waals surface area contributed by atoms with Gasteiger partial charge >= 0.3 is 5.51 Å². The molecule has 0 aliphatic heterocycles. The molecule has 0 radical (unpaired) electrons. The molecule has 1 aromatic rings. The first kappa shape index (κ1) is 14.7. The summed E-state index contributed by atoms with van der Waals surface area (Å²) >= 11 is 11.2. The van der Waals surface area contributed by atoms with Crippen molar-refractivity contribution >= 4 is 40.7 Å². The summed E-state index contributed by atoms with van der Waals surface area (Å²) in [5, 5.41) is -0.964. The summed E-state index contributed by atoms with van der Waals surface area (Å²) in [7, 11) is 0. The average molecular weight is 303 g/mol. The molecule has 17 heavy (non-hydrogen) atoms. The van der Waals surface area contributed by atoms with E-state index in [2.05, 4.69) is 0 Å². The van der Waals surface area contributed by atoms with Crippen LogP contribution in [0.2, 0.25) is 5.02 Å². The first-order valence-electron chi connectivity index (χ1n) is 4.40. The van der Waals surface area contributed by atoms with Gasteiger partial charge < -0.3 is 0 Å². The van der Waals surface area contributed by atoms with Crippen LogP contribution in [-0.4, -0.2) is 11.3 Å². The fourth-order valence-corrected chi connectivity index (χ4v) is 2.10. The normalized spacial score (nSPS) is 13.5. The number of thioether (sulfide) groups is 1. The standard InChI is InChI=1S/C10H7Cl2F3OS/c1-5(16)9(12)6-2-3-8(7(11)4-6)17-10(13,14)15/h2-4,9H,1H3. The zero-order valence-corrected chi connectivity index (χ0v) is 10.8. The fraction of sp³-hybridized carbons (Fsp3) is 0.300. The number of alkyl halides is 4. The predicted molar refractivity (Wildman–Crippen MR) is 62.6 cm³/mol. The van der Waals surface area contributed by atoms with E-state index in [4.69, 9.17) is 23.2 Å². The zero-order chi connectivity index (χ0) is 13.2. The van der Waals surface area contributed by atoms with Gasteiger partial charge in [0, 0.05) is 4.90 Å². The number of rotatable bonds is 3. The molecule has 0 saturated carbocycles. The van der Waals surface area contributed by atoms with Crippen molar-refractivity contribution in [2.24, 2.45) is 0 Å². The van der Waals surface area contributed by atoms with E-state index in [1.807, 2.05) is 0 Å². The minimum absolute atomic E-state index is 0.0725.